The van der Waals surface area contributed by atoms with E-state index in [4.69, 9.17) is 0 Å². The van der Waals surface area contributed by atoms with Crippen LogP contribution in [-0.4, -0.2) is 42.4 Å². The smallest absolute Gasteiger partial charge is 0.226 e. The summed E-state index contributed by atoms with van der Waals surface area (Å²) >= 11 is 0. The van der Waals surface area contributed by atoms with Crippen LogP contribution >= 0.6 is 0 Å². The van der Waals surface area contributed by atoms with Crippen LogP contribution in [-0.2, 0) is 0 Å². The first kappa shape index (κ1) is 12.2. The Labute approximate surface area is 91.0 Å². The summed E-state index contributed by atoms with van der Waals surface area (Å²) in [7, 11) is -0.482. The molecule has 0 amide bonds. The second kappa shape index (κ2) is 3.61. The van der Waals surface area contributed by atoms with E-state index in [0.717, 1.165) is 0 Å². The lowest BCUT2D eigenvalue weighted by Crippen LogP contribution is -2.54. The van der Waals surface area contributed by atoms with Crippen LogP contribution in [0.1, 0.15) is 41.5 Å². The second-order valence-corrected chi connectivity index (χ2v) is 8.37. The van der Waals surface area contributed by atoms with Gasteiger partial charge >= 0.3 is 0 Å². The summed E-state index contributed by atoms with van der Waals surface area (Å²) in [4.78, 5) is 0. The molecule has 1 rings (SSSR count). The molecule has 0 spiro atoms. The summed E-state index contributed by atoms with van der Waals surface area (Å²) in [6.07, 6.45) is 0. The maximum atomic E-state index is 2.68. The topological polar surface area (TPSA) is 6.48 Å². The van der Waals surface area contributed by atoms with E-state index in [1.807, 2.05) is 0 Å². The largest absolute Gasteiger partial charge is 0.306 e. The van der Waals surface area contributed by atoms with Crippen LogP contribution in [0, 0.1) is 0 Å². The molecule has 0 bridgehead atoms. The normalized spacial score (nSPS) is 23.4. The molecule has 0 aromatic rings. The monoisotopic (exact) mass is 213 g/mol. The Hall–Kier alpha value is 0.137. The third kappa shape index (κ3) is 2.38. The van der Waals surface area contributed by atoms with Crippen molar-refractivity contribution < 1.29 is 0 Å². The lowest BCUT2D eigenvalue weighted by Gasteiger charge is -2.40. The van der Waals surface area contributed by atoms with E-state index in [9.17, 15) is 0 Å². The van der Waals surface area contributed by atoms with Crippen LogP contribution in [0.5, 0.6) is 0 Å². The SMILES string of the molecule is C[Si]1N(C(C)(C)C)CCN1C(C)(C)C. The molecule has 0 aromatic carbocycles. The Bertz CT molecular complexity index is 180. The molecule has 1 aliphatic heterocycles. The molecule has 0 N–H and O–H groups in total. The molecule has 0 unspecified atom stereocenters. The molecular formula is C11H25N2Si. The average Bonchev–Trinajstić information content (AvgIpc) is 2.26. The molecule has 1 radical (unpaired) electrons. The Balaban J connectivity index is 2.75. The standard InChI is InChI=1S/C11H25N2Si/c1-10(2,3)12-8-9-13(14(12)7)11(4,5)6/h8-9H2,1-7H3. The molecule has 0 aliphatic carbocycles. The van der Waals surface area contributed by atoms with Crippen molar-refractivity contribution in [3.8, 4) is 0 Å². The van der Waals surface area contributed by atoms with E-state index >= 15 is 0 Å². The Morgan fingerprint density at radius 1 is 0.786 bits per heavy atom. The van der Waals surface area contributed by atoms with Gasteiger partial charge in [-0.15, -0.1) is 0 Å². The highest BCUT2D eigenvalue weighted by Gasteiger charge is 2.41. The Morgan fingerprint density at radius 3 is 1.21 bits per heavy atom. The van der Waals surface area contributed by atoms with Crippen LogP contribution in [0.3, 0.4) is 0 Å². The van der Waals surface area contributed by atoms with E-state index < -0.39 is 9.12 Å². The quantitative estimate of drug-likeness (QED) is 0.570. The van der Waals surface area contributed by atoms with Gasteiger partial charge in [0, 0.05) is 24.2 Å². The van der Waals surface area contributed by atoms with Crippen LogP contribution in [0.25, 0.3) is 0 Å². The molecule has 0 saturated carbocycles. The van der Waals surface area contributed by atoms with Gasteiger partial charge in [0.05, 0.1) is 0 Å². The van der Waals surface area contributed by atoms with E-state index in [1.54, 1.807) is 0 Å². The van der Waals surface area contributed by atoms with Gasteiger partial charge in [-0.2, -0.15) is 0 Å². The van der Waals surface area contributed by atoms with Crippen molar-refractivity contribution in [1.82, 2.24) is 9.13 Å². The van der Waals surface area contributed by atoms with Crippen molar-refractivity contribution >= 4 is 9.12 Å². The fourth-order valence-electron chi connectivity index (χ4n) is 2.31. The molecule has 1 saturated heterocycles. The zero-order chi connectivity index (χ0) is 11.1. The van der Waals surface area contributed by atoms with E-state index in [2.05, 4.69) is 57.2 Å². The number of rotatable bonds is 0. The van der Waals surface area contributed by atoms with Crippen molar-refractivity contribution in [2.45, 2.75) is 59.2 Å². The highest BCUT2D eigenvalue weighted by molar-refractivity contribution is 6.52. The number of hydrogen-bond acceptors (Lipinski definition) is 2. The van der Waals surface area contributed by atoms with Gasteiger partial charge in [0.15, 0.2) is 0 Å². The van der Waals surface area contributed by atoms with Crippen molar-refractivity contribution in [3.05, 3.63) is 0 Å². The summed E-state index contributed by atoms with van der Waals surface area (Å²) in [5, 5.41) is 0. The third-order valence-electron chi connectivity index (χ3n) is 2.95. The number of nitrogens with zero attached hydrogens (tertiary/aromatic N) is 2. The summed E-state index contributed by atoms with van der Waals surface area (Å²) in [6.45, 7) is 18.9. The van der Waals surface area contributed by atoms with Crippen molar-refractivity contribution in [1.29, 1.82) is 0 Å². The van der Waals surface area contributed by atoms with Crippen LogP contribution in [0.15, 0.2) is 0 Å². The molecule has 1 aliphatic rings. The maximum absolute atomic E-state index is 2.68. The predicted molar refractivity (Wildman–Crippen MR) is 64.5 cm³/mol. The van der Waals surface area contributed by atoms with Crippen molar-refractivity contribution in [2.24, 2.45) is 0 Å². The molecule has 1 heterocycles. The molecule has 0 atom stereocenters. The lowest BCUT2D eigenvalue weighted by atomic mass is 10.1. The fourth-order valence-corrected chi connectivity index (χ4v) is 5.39. The average molecular weight is 213 g/mol. The second-order valence-electron chi connectivity index (χ2n) is 6.19. The van der Waals surface area contributed by atoms with Gasteiger partial charge in [-0.1, -0.05) is 0 Å². The summed E-state index contributed by atoms with van der Waals surface area (Å²) in [5.74, 6) is 0. The first-order chi connectivity index (χ1) is 6.14. The van der Waals surface area contributed by atoms with Gasteiger partial charge in [0.25, 0.3) is 0 Å². The molecule has 3 heteroatoms. The fraction of sp³-hybridized carbons (Fsp3) is 1.00. The summed E-state index contributed by atoms with van der Waals surface area (Å²) in [5.41, 5.74) is 0.673. The zero-order valence-corrected chi connectivity index (χ0v) is 11.8. The molecule has 1 fully saturated rings. The third-order valence-corrected chi connectivity index (χ3v) is 6.30. The van der Waals surface area contributed by atoms with Crippen LogP contribution in [0.4, 0.5) is 0 Å². The predicted octanol–water partition coefficient (Wildman–Crippen LogP) is 2.32. The van der Waals surface area contributed by atoms with Gasteiger partial charge < -0.3 is 9.13 Å². The Morgan fingerprint density at radius 2 is 1.07 bits per heavy atom. The highest BCUT2D eigenvalue weighted by Crippen LogP contribution is 2.27. The summed E-state index contributed by atoms with van der Waals surface area (Å²) in [6, 6.07) is 0. The van der Waals surface area contributed by atoms with Gasteiger partial charge in [0.1, 0.15) is 0 Å². The van der Waals surface area contributed by atoms with E-state index in [1.165, 1.54) is 13.1 Å². The van der Waals surface area contributed by atoms with Gasteiger partial charge in [-0.05, 0) is 48.1 Å². The molecular weight excluding hydrogens is 188 g/mol. The maximum Gasteiger partial charge on any atom is 0.226 e. The molecule has 83 valence electrons. The summed E-state index contributed by atoms with van der Waals surface area (Å²) < 4.78 is 5.37. The lowest BCUT2D eigenvalue weighted by molar-refractivity contribution is 0.269. The van der Waals surface area contributed by atoms with Crippen LogP contribution in [0.2, 0.25) is 6.55 Å². The van der Waals surface area contributed by atoms with Crippen molar-refractivity contribution in [2.75, 3.05) is 13.1 Å². The first-order valence-electron chi connectivity index (χ1n) is 5.53. The minimum absolute atomic E-state index is 0.336. The van der Waals surface area contributed by atoms with Gasteiger partial charge in [-0.25, -0.2) is 0 Å². The van der Waals surface area contributed by atoms with Gasteiger partial charge in [0.2, 0.25) is 9.12 Å². The zero-order valence-electron chi connectivity index (χ0n) is 10.8. The number of hydrogen-bond donors (Lipinski definition) is 0. The minimum atomic E-state index is -0.482. The molecule has 0 aromatic heterocycles. The highest BCUT2D eigenvalue weighted by atomic mass is 28.3. The van der Waals surface area contributed by atoms with Crippen molar-refractivity contribution in [3.63, 3.8) is 0 Å². The minimum Gasteiger partial charge on any atom is -0.306 e. The van der Waals surface area contributed by atoms with E-state index in [0.29, 0.717) is 11.1 Å². The van der Waals surface area contributed by atoms with Gasteiger partial charge in [-0.3, -0.25) is 0 Å². The first-order valence-corrected chi connectivity index (χ1v) is 7.42. The Kier molecular flexibility index (Phi) is 3.15. The van der Waals surface area contributed by atoms with E-state index in [-0.39, 0.29) is 0 Å². The molecule has 2 nitrogen and oxygen atoms in total. The van der Waals surface area contributed by atoms with Crippen LogP contribution < -0.4 is 0 Å². The molecule has 14 heavy (non-hydrogen) atoms.